The van der Waals surface area contributed by atoms with E-state index in [1.807, 2.05) is 49.4 Å². The summed E-state index contributed by atoms with van der Waals surface area (Å²) in [5.74, 6) is 0.335. The highest BCUT2D eigenvalue weighted by atomic mass is 16.6. The summed E-state index contributed by atoms with van der Waals surface area (Å²) in [5.41, 5.74) is 5.85. The Hall–Kier alpha value is -2.99. The van der Waals surface area contributed by atoms with E-state index in [2.05, 4.69) is 5.48 Å². The minimum absolute atomic E-state index is 0.359. The van der Waals surface area contributed by atoms with Crippen LogP contribution in [-0.2, 0) is 16.1 Å². The first-order valence-corrected chi connectivity index (χ1v) is 8.24. The molecule has 2 rings (SSSR count). The van der Waals surface area contributed by atoms with E-state index < -0.39 is 5.97 Å². The van der Waals surface area contributed by atoms with E-state index in [4.69, 9.17) is 19.4 Å². The van der Waals surface area contributed by atoms with E-state index in [1.165, 1.54) is 0 Å². The maximum atomic E-state index is 10.5. The topological polar surface area (TPSA) is 77.0 Å². The number of hydroxylamine groups is 1. The summed E-state index contributed by atoms with van der Waals surface area (Å²) in [4.78, 5) is 16.1. The van der Waals surface area contributed by atoms with Gasteiger partial charge in [-0.1, -0.05) is 18.2 Å². The third kappa shape index (κ3) is 6.14. The number of carboxylic acid groups (broad SMARTS) is 1. The van der Waals surface area contributed by atoms with Gasteiger partial charge in [0, 0.05) is 0 Å². The van der Waals surface area contributed by atoms with Crippen molar-refractivity contribution in [3.05, 3.63) is 65.7 Å². The van der Waals surface area contributed by atoms with E-state index in [9.17, 15) is 4.79 Å². The zero-order chi connectivity index (χ0) is 18.8. The van der Waals surface area contributed by atoms with Crippen molar-refractivity contribution in [2.75, 3.05) is 20.3 Å². The molecule has 0 saturated carbocycles. The largest absolute Gasteiger partial charge is 0.497 e. The maximum absolute atomic E-state index is 10.5. The SMILES string of the molecule is CC=C(NOCCc1ccc(OC)cc1)c1ccc(OCC(=O)O)cc1. The normalized spacial score (nSPS) is 11.1. The van der Waals surface area contributed by atoms with Gasteiger partial charge < -0.3 is 14.6 Å². The van der Waals surface area contributed by atoms with Gasteiger partial charge in [0.05, 0.1) is 19.4 Å². The van der Waals surface area contributed by atoms with Gasteiger partial charge >= 0.3 is 5.97 Å². The molecule has 2 aromatic carbocycles. The van der Waals surface area contributed by atoms with Gasteiger partial charge in [-0.3, -0.25) is 10.3 Å². The predicted octanol–water partition coefficient (Wildman–Crippen LogP) is 3.28. The molecule has 2 N–H and O–H groups in total. The summed E-state index contributed by atoms with van der Waals surface area (Å²) >= 11 is 0. The highest BCUT2D eigenvalue weighted by molar-refractivity contribution is 5.68. The number of aliphatic carboxylic acids is 1. The molecule has 26 heavy (non-hydrogen) atoms. The summed E-state index contributed by atoms with van der Waals surface area (Å²) < 4.78 is 10.3. The molecule has 0 amide bonds. The smallest absolute Gasteiger partial charge is 0.341 e. The van der Waals surface area contributed by atoms with E-state index >= 15 is 0 Å². The van der Waals surface area contributed by atoms with Crippen LogP contribution in [0.15, 0.2) is 54.6 Å². The number of ether oxygens (including phenoxy) is 2. The molecule has 6 nitrogen and oxygen atoms in total. The van der Waals surface area contributed by atoms with Crippen LogP contribution in [0, 0.1) is 0 Å². The van der Waals surface area contributed by atoms with Gasteiger partial charge in [0.15, 0.2) is 6.61 Å². The van der Waals surface area contributed by atoms with E-state index in [1.54, 1.807) is 19.2 Å². The van der Waals surface area contributed by atoms with Crippen LogP contribution in [0.5, 0.6) is 11.5 Å². The Balaban J connectivity index is 1.80. The molecule has 0 aliphatic heterocycles. The standard InChI is InChI=1S/C20H23NO5/c1-3-19(16-6-10-18(11-7-16)25-14-20(22)23)21-26-13-12-15-4-8-17(24-2)9-5-15/h3-11,21H,12-14H2,1-2H3,(H,22,23). The van der Waals surface area contributed by atoms with Gasteiger partial charge in [0.1, 0.15) is 11.5 Å². The van der Waals surface area contributed by atoms with Crippen LogP contribution < -0.4 is 15.0 Å². The second kappa shape index (κ2) is 10.1. The first-order chi connectivity index (χ1) is 12.6. The number of carbonyl (C=O) groups is 1. The molecule has 0 fully saturated rings. The fourth-order valence-electron chi connectivity index (χ4n) is 2.25. The molecule has 138 valence electrons. The average Bonchev–Trinajstić information content (AvgIpc) is 2.67. The van der Waals surface area contributed by atoms with Crippen molar-refractivity contribution in [3.63, 3.8) is 0 Å². The van der Waals surface area contributed by atoms with Crippen LogP contribution in [0.3, 0.4) is 0 Å². The molecule has 0 aliphatic rings. The summed E-state index contributed by atoms with van der Waals surface area (Å²) in [5, 5.41) is 8.62. The third-order valence-corrected chi connectivity index (χ3v) is 3.65. The highest BCUT2D eigenvalue weighted by Crippen LogP contribution is 2.17. The average molecular weight is 357 g/mol. The van der Waals surface area contributed by atoms with Crippen molar-refractivity contribution in [2.24, 2.45) is 0 Å². The predicted molar refractivity (Wildman–Crippen MR) is 99.0 cm³/mol. The van der Waals surface area contributed by atoms with Crippen molar-refractivity contribution in [1.29, 1.82) is 0 Å². The minimum atomic E-state index is -1.00. The number of rotatable bonds is 10. The highest BCUT2D eigenvalue weighted by Gasteiger charge is 2.03. The number of nitrogens with one attached hydrogen (secondary N) is 1. The minimum Gasteiger partial charge on any atom is -0.497 e. The van der Waals surface area contributed by atoms with Crippen molar-refractivity contribution in [2.45, 2.75) is 13.3 Å². The fourth-order valence-corrected chi connectivity index (χ4v) is 2.25. The molecule has 0 unspecified atom stereocenters. The Kier molecular flexibility index (Phi) is 7.51. The number of allylic oxidation sites excluding steroid dienone is 1. The first-order valence-electron chi connectivity index (χ1n) is 8.24. The summed E-state index contributed by atoms with van der Waals surface area (Å²) in [6.45, 7) is 2.07. The number of hydrogen-bond acceptors (Lipinski definition) is 5. The Labute approximate surface area is 153 Å². The van der Waals surface area contributed by atoms with E-state index in [0.717, 1.165) is 29.0 Å². The summed E-state index contributed by atoms with van der Waals surface area (Å²) in [6, 6.07) is 15.0. The summed E-state index contributed by atoms with van der Waals surface area (Å²) in [6.07, 6.45) is 2.68. The van der Waals surface area contributed by atoms with Crippen molar-refractivity contribution in [3.8, 4) is 11.5 Å². The number of carboxylic acids is 1. The molecule has 0 atom stereocenters. The van der Waals surface area contributed by atoms with Crippen molar-refractivity contribution in [1.82, 2.24) is 5.48 Å². The number of benzene rings is 2. The van der Waals surface area contributed by atoms with Gasteiger partial charge in [0.25, 0.3) is 0 Å². The van der Waals surface area contributed by atoms with Crippen LogP contribution >= 0.6 is 0 Å². The van der Waals surface area contributed by atoms with Crippen molar-refractivity contribution >= 4 is 11.7 Å². The van der Waals surface area contributed by atoms with Gasteiger partial charge in [-0.15, -0.1) is 0 Å². The van der Waals surface area contributed by atoms with Gasteiger partial charge in [-0.25, -0.2) is 4.79 Å². The van der Waals surface area contributed by atoms with Crippen LogP contribution in [0.1, 0.15) is 18.1 Å². The molecule has 0 aliphatic carbocycles. The quantitative estimate of drug-likeness (QED) is 0.502. The number of hydrogen-bond donors (Lipinski definition) is 2. The Morgan fingerprint density at radius 3 is 2.31 bits per heavy atom. The van der Waals surface area contributed by atoms with Gasteiger partial charge in [-0.2, -0.15) is 0 Å². The van der Waals surface area contributed by atoms with E-state index in [-0.39, 0.29) is 6.61 Å². The van der Waals surface area contributed by atoms with Crippen LogP contribution in [0.4, 0.5) is 0 Å². The molecule has 0 spiro atoms. The molecule has 0 saturated heterocycles. The Morgan fingerprint density at radius 2 is 1.73 bits per heavy atom. The lowest BCUT2D eigenvalue weighted by Crippen LogP contribution is -2.15. The molecule has 6 heteroatoms. The van der Waals surface area contributed by atoms with Gasteiger partial charge in [-0.05, 0) is 60.9 Å². The monoisotopic (exact) mass is 357 g/mol. The number of methoxy groups -OCH3 is 1. The fraction of sp³-hybridized carbons (Fsp3) is 0.250. The molecular formula is C20H23NO5. The van der Waals surface area contributed by atoms with Crippen LogP contribution in [0.25, 0.3) is 5.70 Å². The molecule has 0 radical (unpaired) electrons. The zero-order valence-corrected chi connectivity index (χ0v) is 14.9. The maximum Gasteiger partial charge on any atom is 0.341 e. The van der Waals surface area contributed by atoms with Crippen LogP contribution in [0.2, 0.25) is 0 Å². The Bertz CT molecular complexity index is 723. The van der Waals surface area contributed by atoms with E-state index in [0.29, 0.717) is 12.4 Å². The molecular weight excluding hydrogens is 334 g/mol. The van der Waals surface area contributed by atoms with Crippen molar-refractivity contribution < 1.29 is 24.2 Å². The molecule has 0 heterocycles. The summed E-state index contributed by atoms with van der Waals surface area (Å²) in [7, 11) is 1.64. The molecule has 2 aromatic rings. The molecule has 0 bridgehead atoms. The third-order valence-electron chi connectivity index (χ3n) is 3.65. The zero-order valence-electron chi connectivity index (χ0n) is 14.9. The molecule has 0 aromatic heterocycles. The first kappa shape index (κ1) is 19.3. The lowest BCUT2D eigenvalue weighted by atomic mass is 10.1. The van der Waals surface area contributed by atoms with Crippen LogP contribution in [-0.4, -0.2) is 31.4 Å². The lowest BCUT2D eigenvalue weighted by molar-refractivity contribution is -0.139. The Morgan fingerprint density at radius 1 is 1.08 bits per heavy atom. The lowest BCUT2D eigenvalue weighted by Gasteiger charge is -2.12. The van der Waals surface area contributed by atoms with Gasteiger partial charge in [0.2, 0.25) is 0 Å². The second-order valence-electron chi connectivity index (χ2n) is 5.46. The second-order valence-corrected chi connectivity index (χ2v) is 5.46.